The Morgan fingerprint density at radius 1 is 0.962 bits per heavy atom. The van der Waals surface area contributed by atoms with Crippen LogP contribution in [0.15, 0.2) is 9.59 Å². The van der Waals surface area contributed by atoms with Crippen molar-refractivity contribution in [3.8, 4) is 0 Å². The first-order valence-electron chi connectivity index (χ1n) is 7.96. The first-order chi connectivity index (χ1) is 12.1. The van der Waals surface area contributed by atoms with Crippen LogP contribution < -0.4 is 22.6 Å². The molecule has 0 saturated carbocycles. The van der Waals surface area contributed by atoms with Crippen LogP contribution >= 0.6 is 0 Å². The smallest absolute Gasteiger partial charge is 0.255 e. The number of nitrogens with one attached hydrogen (secondary N) is 2. The van der Waals surface area contributed by atoms with Crippen molar-refractivity contribution in [3.63, 3.8) is 0 Å². The molecule has 0 aliphatic heterocycles. The molecule has 0 aromatic carbocycles. The fraction of sp³-hybridized carbons (Fsp3) is 0.438. The van der Waals surface area contributed by atoms with E-state index in [0.29, 0.717) is 41.8 Å². The lowest BCUT2D eigenvalue weighted by atomic mass is 10.1. The van der Waals surface area contributed by atoms with Crippen molar-refractivity contribution in [1.29, 1.82) is 0 Å². The minimum absolute atomic E-state index is 0.0561. The minimum Gasteiger partial charge on any atom is -0.396 e. The molecule has 0 fully saturated rings. The highest BCUT2D eigenvalue weighted by Crippen LogP contribution is 2.03. The lowest BCUT2D eigenvalue weighted by Crippen LogP contribution is -2.19. The van der Waals surface area contributed by atoms with Crippen molar-refractivity contribution in [1.82, 2.24) is 19.9 Å². The van der Waals surface area contributed by atoms with E-state index in [1.165, 1.54) is 6.92 Å². The molecule has 0 aliphatic rings. The number of carbonyl (C=O) groups is 1. The maximum atomic E-state index is 11.4. The summed E-state index contributed by atoms with van der Waals surface area (Å²) in [6.07, 6.45) is 1.09. The van der Waals surface area contributed by atoms with E-state index in [1.807, 2.05) is 0 Å². The Kier molecular flexibility index (Phi) is 7.66. The number of nitrogen functional groups attached to an aromatic ring is 2. The summed E-state index contributed by atoms with van der Waals surface area (Å²) in [5, 5.41) is 8.63. The molecule has 0 aliphatic carbocycles. The summed E-state index contributed by atoms with van der Waals surface area (Å²) >= 11 is 0. The summed E-state index contributed by atoms with van der Waals surface area (Å²) in [5.74, 6) is 0.277. The number of H-pyrrole nitrogens is 2. The normalized spacial score (nSPS) is 10.2. The van der Waals surface area contributed by atoms with E-state index in [2.05, 4.69) is 19.9 Å². The van der Waals surface area contributed by atoms with Crippen molar-refractivity contribution >= 4 is 17.7 Å². The highest BCUT2D eigenvalue weighted by molar-refractivity contribution is 5.75. The number of aromatic nitrogens is 4. The molecule has 10 nitrogen and oxygen atoms in total. The highest BCUT2D eigenvalue weighted by atomic mass is 16.3. The standard InChI is InChI=1S/C9H13N3O2.C7H11N3O2/c1-5(13)3-4-7-6(2)11-9(10)12-8(7)14;1-4-5(2-3-11)6(12)10-7(8)9-4/h3-4H2,1-2H3,(H3,10,11,12,14);11H,2-3H2,1H3,(H3,8,9,10,12). The summed E-state index contributed by atoms with van der Waals surface area (Å²) in [6, 6.07) is 0. The number of aryl methyl sites for hydroxylation is 2. The predicted molar refractivity (Wildman–Crippen MR) is 97.8 cm³/mol. The summed E-state index contributed by atoms with van der Waals surface area (Å²) in [4.78, 5) is 45.9. The monoisotopic (exact) mass is 364 g/mol. The van der Waals surface area contributed by atoms with Crippen LogP contribution in [0.2, 0.25) is 0 Å². The molecule has 26 heavy (non-hydrogen) atoms. The summed E-state index contributed by atoms with van der Waals surface area (Å²) in [6.45, 7) is 4.83. The third-order valence-electron chi connectivity index (χ3n) is 3.57. The van der Waals surface area contributed by atoms with Gasteiger partial charge in [0.25, 0.3) is 11.1 Å². The summed E-state index contributed by atoms with van der Waals surface area (Å²) in [5.41, 5.74) is 12.3. The maximum Gasteiger partial charge on any atom is 0.255 e. The summed E-state index contributed by atoms with van der Waals surface area (Å²) < 4.78 is 0. The van der Waals surface area contributed by atoms with Crippen LogP contribution in [0.4, 0.5) is 11.9 Å². The van der Waals surface area contributed by atoms with Gasteiger partial charge in [0, 0.05) is 36.3 Å². The largest absolute Gasteiger partial charge is 0.396 e. The number of hydrogen-bond donors (Lipinski definition) is 5. The molecule has 142 valence electrons. The van der Waals surface area contributed by atoms with Crippen LogP contribution in [0.5, 0.6) is 0 Å². The Labute approximate surface area is 149 Å². The Hall–Kier alpha value is -3.01. The molecular formula is C16H24N6O4. The lowest BCUT2D eigenvalue weighted by molar-refractivity contribution is -0.116. The van der Waals surface area contributed by atoms with Crippen molar-refractivity contribution in [3.05, 3.63) is 43.2 Å². The average molecular weight is 364 g/mol. The minimum atomic E-state index is -0.269. The molecular weight excluding hydrogens is 340 g/mol. The van der Waals surface area contributed by atoms with Crippen LogP contribution in [0.1, 0.15) is 35.9 Å². The van der Waals surface area contributed by atoms with Gasteiger partial charge in [0.05, 0.1) is 5.69 Å². The second-order valence-corrected chi connectivity index (χ2v) is 5.71. The van der Waals surface area contributed by atoms with Crippen LogP contribution in [0.25, 0.3) is 0 Å². The third-order valence-corrected chi connectivity index (χ3v) is 3.57. The van der Waals surface area contributed by atoms with Gasteiger partial charge in [-0.25, -0.2) is 9.97 Å². The van der Waals surface area contributed by atoms with Crippen molar-refractivity contribution in [2.24, 2.45) is 0 Å². The van der Waals surface area contributed by atoms with E-state index in [9.17, 15) is 14.4 Å². The number of rotatable bonds is 5. The number of nitrogens with two attached hydrogens (primary N) is 2. The van der Waals surface area contributed by atoms with Gasteiger partial charge in [0.1, 0.15) is 5.78 Å². The molecule has 2 heterocycles. The fourth-order valence-corrected chi connectivity index (χ4v) is 2.27. The van der Waals surface area contributed by atoms with Gasteiger partial charge in [-0.05, 0) is 27.2 Å². The summed E-state index contributed by atoms with van der Waals surface area (Å²) in [7, 11) is 0. The van der Waals surface area contributed by atoms with E-state index in [4.69, 9.17) is 16.6 Å². The number of carbonyl (C=O) groups excluding carboxylic acids is 1. The highest BCUT2D eigenvalue weighted by Gasteiger charge is 2.07. The van der Waals surface area contributed by atoms with E-state index in [1.54, 1.807) is 13.8 Å². The quantitative estimate of drug-likeness (QED) is 0.465. The van der Waals surface area contributed by atoms with Gasteiger partial charge in [-0.2, -0.15) is 0 Å². The number of nitrogens with zero attached hydrogens (tertiary/aromatic N) is 2. The lowest BCUT2D eigenvalue weighted by Gasteiger charge is -2.02. The van der Waals surface area contributed by atoms with Gasteiger partial charge in [0.2, 0.25) is 11.9 Å². The molecule has 2 aromatic heterocycles. The molecule has 0 atom stereocenters. The average Bonchev–Trinajstić information content (AvgIpc) is 2.50. The zero-order chi connectivity index (χ0) is 19.9. The van der Waals surface area contributed by atoms with E-state index in [-0.39, 0.29) is 35.4 Å². The zero-order valence-electron chi connectivity index (χ0n) is 15.0. The Morgan fingerprint density at radius 2 is 1.38 bits per heavy atom. The molecule has 2 aromatic rings. The second kappa shape index (κ2) is 9.47. The van der Waals surface area contributed by atoms with Crippen molar-refractivity contribution < 1.29 is 9.90 Å². The van der Waals surface area contributed by atoms with Gasteiger partial charge in [0.15, 0.2) is 0 Å². The first-order valence-corrected chi connectivity index (χ1v) is 7.96. The van der Waals surface area contributed by atoms with E-state index >= 15 is 0 Å². The van der Waals surface area contributed by atoms with E-state index in [0.717, 1.165) is 0 Å². The maximum absolute atomic E-state index is 11.4. The van der Waals surface area contributed by atoms with Crippen molar-refractivity contribution in [2.45, 2.75) is 40.0 Å². The zero-order valence-corrected chi connectivity index (χ0v) is 15.0. The number of Topliss-reactive ketones (excluding diaryl/α,β-unsaturated/α-hetero) is 1. The van der Waals surface area contributed by atoms with Gasteiger partial charge in [-0.1, -0.05) is 0 Å². The van der Waals surface area contributed by atoms with Gasteiger partial charge >= 0.3 is 0 Å². The van der Waals surface area contributed by atoms with Crippen LogP contribution in [-0.4, -0.2) is 37.4 Å². The molecule has 0 unspecified atom stereocenters. The first kappa shape index (κ1) is 21.0. The fourth-order valence-electron chi connectivity index (χ4n) is 2.27. The Balaban J connectivity index is 0.000000263. The SMILES string of the molecule is CC(=O)CCc1c(C)nc(N)[nH]c1=O.Cc1nc(N)[nH]c(=O)c1CCO. The Morgan fingerprint density at radius 3 is 1.73 bits per heavy atom. The van der Waals surface area contributed by atoms with Crippen LogP contribution in [0, 0.1) is 13.8 Å². The number of aromatic amines is 2. The molecule has 0 saturated heterocycles. The third kappa shape index (κ3) is 6.13. The van der Waals surface area contributed by atoms with Gasteiger partial charge in [-0.3, -0.25) is 19.6 Å². The number of hydrogen-bond acceptors (Lipinski definition) is 8. The van der Waals surface area contributed by atoms with Gasteiger partial charge in [-0.15, -0.1) is 0 Å². The molecule has 0 spiro atoms. The van der Waals surface area contributed by atoms with Crippen LogP contribution in [-0.2, 0) is 17.6 Å². The van der Waals surface area contributed by atoms with Crippen LogP contribution in [0.3, 0.4) is 0 Å². The Bertz CT molecular complexity index is 887. The second-order valence-electron chi connectivity index (χ2n) is 5.71. The topological polar surface area (TPSA) is 181 Å². The molecule has 2 rings (SSSR count). The molecule has 0 amide bonds. The molecule has 10 heteroatoms. The molecule has 0 radical (unpaired) electrons. The molecule has 7 N–H and O–H groups in total. The number of aliphatic hydroxyl groups is 1. The van der Waals surface area contributed by atoms with E-state index < -0.39 is 0 Å². The van der Waals surface area contributed by atoms with Gasteiger partial charge < -0.3 is 21.4 Å². The molecule has 0 bridgehead atoms. The van der Waals surface area contributed by atoms with Crippen molar-refractivity contribution in [2.75, 3.05) is 18.1 Å². The number of ketones is 1. The number of aliphatic hydroxyl groups excluding tert-OH is 1. The number of anilines is 2. The predicted octanol–water partition coefficient (Wildman–Crippen LogP) is -0.623.